The molecule has 6 nitrogen and oxygen atoms in total. The molecule has 0 spiro atoms. The summed E-state index contributed by atoms with van der Waals surface area (Å²) in [6, 6.07) is 9.55. The van der Waals surface area contributed by atoms with Gasteiger partial charge in [-0.15, -0.1) is 0 Å². The number of fused-ring (bicyclic) bond motifs is 3. The Morgan fingerprint density at radius 1 is 1.10 bits per heavy atom. The standard InChI is InChI=1S/C22H22FN3O3S/c1-12(2)19-21(27)25-20-15-9-17(28-3)18(29-4)10-16(15)24-22(26(19)20)30-11-13-5-7-14(23)8-6-13/h5-10,12,19H,11H2,1-4H3. The predicted octanol–water partition coefficient (Wildman–Crippen LogP) is 4.39. The lowest BCUT2D eigenvalue weighted by molar-refractivity contribution is -0.120. The largest absolute Gasteiger partial charge is 0.493 e. The van der Waals surface area contributed by atoms with Crippen molar-refractivity contribution < 1.29 is 18.7 Å². The number of benzene rings is 2. The van der Waals surface area contributed by atoms with Gasteiger partial charge in [-0.1, -0.05) is 37.7 Å². The lowest BCUT2D eigenvalue weighted by Crippen LogP contribution is -2.46. The first-order valence-electron chi connectivity index (χ1n) is 9.57. The molecule has 2 aliphatic heterocycles. The molecule has 0 aromatic heterocycles. The second-order valence-electron chi connectivity index (χ2n) is 7.37. The van der Waals surface area contributed by atoms with Crippen molar-refractivity contribution >= 4 is 34.4 Å². The van der Waals surface area contributed by atoms with E-state index in [4.69, 9.17) is 14.5 Å². The van der Waals surface area contributed by atoms with Crippen LogP contribution < -0.4 is 9.47 Å². The van der Waals surface area contributed by atoms with E-state index in [2.05, 4.69) is 4.99 Å². The summed E-state index contributed by atoms with van der Waals surface area (Å²) in [6.45, 7) is 3.99. The van der Waals surface area contributed by atoms with E-state index in [0.29, 0.717) is 33.9 Å². The minimum atomic E-state index is -0.416. The summed E-state index contributed by atoms with van der Waals surface area (Å²) in [7, 11) is 3.13. The van der Waals surface area contributed by atoms with Gasteiger partial charge in [0.05, 0.1) is 19.9 Å². The van der Waals surface area contributed by atoms with Gasteiger partial charge in [0, 0.05) is 17.4 Å². The van der Waals surface area contributed by atoms with Crippen LogP contribution in [-0.4, -0.2) is 42.1 Å². The first kappa shape index (κ1) is 20.4. The van der Waals surface area contributed by atoms with Gasteiger partial charge in [0.1, 0.15) is 17.7 Å². The molecule has 0 saturated carbocycles. The van der Waals surface area contributed by atoms with E-state index in [1.807, 2.05) is 18.7 Å². The smallest absolute Gasteiger partial charge is 0.271 e. The Hall–Kier alpha value is -2.87. The summed E-state index contributed by atoms with van der Waals surface area (Å²) in [5.74, 6) is 1.87. The molecule has 30 heavy (non-hydrogen) atoms. The lowest BCUT2D eigenvalue weighted by Gasteiger charge is -2.33. The minimum Gasteiger partial charge on any atom is -0.493 e. The molecule has 8 heteroatoms. The fourth-order valence-electron chi connectivity index (χ4n) is 3.58. The van der Waals surface area contributed by atoms with Crippen molar-refractivity contribution in [2.24, 2.45) is 15.9 Å². The molecular weight excluding hydrogens is 405 g/mol. The number of thioether (sulfide) groups is 1. The zero-order valence-corrected chi connectivity index (χ0v) is 18.0. The molecule has 2 aromatic carbocycles. The molecule has 4 rings (SSSR count). The molecule has 0 saturated heterocycles. The van der Waals surface area contributed by atoms with Gasteiger partial charge in [-0.05, 0) is 29.7 Å². The molecule has 1 unspecified atom stereocenters. The van der Waals surface area contributed by atoms with Crippen molar-refractivity contribution in [3.05, 3.63) is 53.3 Å². The zero-order valence-electron chi connectivity index (χ0n) is 17.2. The Morgan fingerprint density at radius 3 is 2.40 bits per heavy atom. The number of ether oxygens (including phenoxy) is 2. The van der Waals surface area contributed by atoms with Crippen LogP contribution in [0.25, 0.3) is 0 Å². The number of carbonyl (C=O) groups excluding carboxylic acids is 1. The van der Waals surface area contributed by atoms with Crippen molar-refractivity contribution in [2.75, 3.05) is 14.2 Å². The van der Waals surface area contributed by atoms with Crippen molar-refractivity contribution in [3.8, 4) is 11.5 Å². The van der Waals surface area contributed by atoms with Crippen LogP contribution in [0.15, 0.2) is 46.4 Å². The first-order valence-corrected chi connectivity index (χ1v) is 10.6. The molecule has 0 radical (unpaired) electrons. The van der Waals surface area contributed by atoms with Gasteiger partial charge >= 0.3 is 0 Å². The Labute approximate surface area is 178 Å². The van der Waals surface area contributed by atoms with E-state index in [-0.39, 0.29) is 17.6 Å². The minimum absolute atomic E-state index is 0.0528. The van der Waals surface area contributed by atoms with Crippen LogP contribution in [0.3, 0.4) is 0 Å². The summed E-state index contributed by atoms with van der Waals surface area (Å²) in [5.41, 5.74) is 2.36. The van der Waals surface area contributed by atoms with E-state index < -0.39 is 6.04 Å². The third-order valence-corrected chi connectivity index (χ3v) is 6.08. The molecule has 0 fully saturated rings. The number of carbonyl (C=O) groups is 1. The summed E-state index contributed by atoms with van der Waals surface area (Å²) < 4.78 is 24.1. The number of hydrogen-bond acceptors (Lipinski definition) is 6. The average Bonchev–Trinajstić information content (AvgIpc) is 3.09. The van der Waals surface area contributed by atoms with E-state index in [9.17, 15) is 9.18 Å². The van der Waals surface area contributed by atoms with Crippen molar-refractivity contribution in [2.45, 2.75) is 25.6 Å². The van der Waals surface area contributed by atoms with Crippen LogP contribution in [-0.2, 0) is 10.5 Å². The van der Waals surface area contributed by atoms with Gasteiger partial charge in [-0.3, -0.25) is 9.69 Å². The molecule has 1 amide bonds. The Balaban J connectivity index is 1.77. The zero-order chi connectivity index (χ0) is 21.4. The van der Waals surface area contributed by atoms with Gasteiger partial charge < -0.3 is 9.47 Å². The number of rotatable bonds is 5. The molecule has 0 N–H and O–H groups in total. The molecule has 0 bridgehead atoms. The van der Waals surface area contributed by atoms with Crippen molar-refractivity contribution in [1.29, 1.82) is 0 Å². The number of methoxy groups -OCH3 is 2. The molecule has 2 aliphatic rings. The van der Waals surface area contributed by atoms with Crippen molar-refractivity contribution in [3.63, 3.8) is 0 Å². The Bertz CT molecular complexity index is 1050. The van der Waals surface area contributed by atoms with Crippen LogP contribution in [0.2, 0.25) is 0 Å². The summed E-state index contributed by atoms with van der Waals surface area (Å²) in [5, 5.41) is 0.683. The van der Waals surface area contributed by atoms with Crippen molar-refractivity contribution in [1.82, 2.24) is 4.90 Å². The quantitative estimate of drug-likeness (QED) is 0.708. The Kier molecular flexibility index (Phi) is 5.51. The van der Waals surface area contributed by atoms with Crippen LogP contribution in [0.1, 0.15) is 25.0 Å². The second kappa shape index (κ2) is 8.10. The maximum atomic E-state index is 13.2. The van der Waals surface area contributed by atoms with E-state index in [1.165, 1.54) is 23.9 Å². The predicted molar refractivity (Wildman–Crippen MR) is 116 cm³/mol. The normalized spacial score (nSPS) is 17.5. The maximum absolute atomic E-state index is 13.2. The molecule has 1 atom stereocenters. The van der Waals surface area contributed by atoms with E-state index in [1.54, 1.807) is 38.5 Å². The second-order valence-corrected chi connectivity index (χ2v) is 8.31. The number of halogens is 1. The highest BCUT2D eigenvalue weighted by atomic mass is 32.2. The first-order chi connectivity index (χ1) is 14.4. The van der Waals surface area contributed by atoms with Gasteiger partial charge in [0.15, 0.2) is 16.7 Å². The van der Waals surface area contributed by atoms with E-state index in [0.717, 1.165) is 11.1 Å². The summed E-state index contributed by atoms with van der Waals surface area (Å²) in [4.78, 5) is 23.8. The van der Waals surface area contributed by atoms with Crippen LogP contribution in [0, 0.1) is 11.7 Å². The number of amides is 1. The van der Waals surface area contributed by atoms with E-state index >= 15 is 0 Å². The number of aliphatic imine (C=N–C) groups is 2. The topological polar surface area (TPSA) is 63.5 Å². The van der Waals surface area contributed by atoms with Gasteiger partial charge in [-0.25, -0.2) is 9.38 Å². The molecule has 2 heterocycles. The highest BCUT2D eigenvalue weighted by Crippen LogP contribution is 2.42. The fraction of sp³-hybridized carbons (Fsp3) is 0.318. The van der Waals surface area contributed by atoms with Crippen LogP contribution in [0.4, 0.5) is 10.1 Å². The van der Waals surface area contributed by atoms with Gasteiger partial charge in [0.2, 0.25) is 0 Å². The number of amidine groups is 2. The number of nitrogens with zero attached hydrogens (tertiary/aromatic N) is 3. The van der Waals surface area contributed by atoms with Gasteiger partial charge in [0.25, 0.3) is 5.91 Å². The van der Waals surface area contributed by atoms with Gasteiger partial charge in [-0.2, -0.15) is 4.99 Å². The molecule has 0 aliphatic carbocycles. The highest BCUT2D eigenvalue weighted by Gasteiger charge is 2.43. The van der Waals surface area contributed by atoms with Crippen LogP contribution in [0.5, 0.6) is 11.5 Å². The maximum Gasteiger partial charge on any atom is 0.271 e. The lowest BCUT2D eigenvalue weighted by atomic mass is 10.0. The SMILES string of the molecule is COc1cc2c(cc1OC)C1=NC(=O)C(C(C)C)N1C(SCc1ccc(F)cc1)=N2. The highest BCUT2D eigenvalue weighted by molar-refractivity contribution is 8.13. The summed E-state index contributed by atoms with van der Waals surface area (Å²) in [6.07, 6.45) is 0. The third kappa shape index (κ3) is 3.56. The molecule has 2 aromatic rings. The third-order valence-electron chi connectivity index (χ3n) is 5.05. The molecular formula is C22H22FN3O3S. The summed E-state index contributed by atoms with van der Waals surface area (Å²) >= 11 is 1.49. The monoisotopic (exact) mass is 427 g/mol. The molecule has 156 valence electrons. The fourth-order valence-corrected chi connectivity index (χ4v) is 4.57. The Morgan fingerprint density at radius 2 is 1.77 bits per heavy atom. The average molecular weight is 428 g/mol. The van der Waals surface area contributed by atoms with Crippen LogP contribution >= 0.6 is 11.8 Å². The number of hydrogen-bond donors (Lipinski definition) is 0.